The monoisotopic (exact) mass is 421 g/mol. The average molecular weight is 421 g/mol. The van der Waals surface area contributed by atoms with Crippen molar-refractivity contribution in [3.05, 3.63) is 34.6 Å². The van der Waals surface area contributed by atoms with Gasteiger partial charge >= 0.3 is 5.97 Å². The van der Waals surface area contributed by atoms with Gasteiger partial charge in [-0.25, -0.2) is 26.7 Å². The molecule has 29 heavy (non-hydrogen) atoms. The van der Waals surface area contributed by atoms with Gasteiger partial charge in [0.25, 0.3) is 5.91 Å². The maximum atomic E-state index is 13.9. The Kier molecular flexibility index (Phi) is 8.40. The predicted octanol–water partition coefficient (Wildman–Crippen LogP) is 4.89. The molecule has 0 spiro atoms. The predicted molar refractivity (Wildman–Crippen MR) is 94.6 cm³/mol. The minimum Gasteiger partial charge on any atom is -0.464 e. The zero-order chi connectivity index (χ0) is 21.6. The minimum atomic E-state index is -2.34. The molecule has 1 aliphatic rings. The van der Waals surface area contributed by atoms with Crippen molar-refractivity contribution in [2.45, 2.75) is 64.3 Å². The summed E-state index contributed by atoms with van der Waals surface area (Å²) in [4.78, 5) is 25.6. The third-order valence-electron chi connectivity index (χ3n) is 4.95. The molecule has 4 nitrogen and oxygen atoms in total. The Labute approximate surface area is 166 Å². The normalized spacial score (nSPS) is 16.3. The fraction of sp³-hybridized carbons (Fsp3) is 0.600. The highest BCUT2D eigenvalue weighted by Gasteiger charge is 2.39. The van der Waals surface area contributed by atoms with Crippen molar-refractivity contribution in [3.63, 3.8) is 0 Å². The van der Waals surface area contributed by atoms with Crippen molar-refractivity contribution < 1.29 is 36.3 Å². The van der Waals surface area contributed by atoms with Gasteiger partial charge in [-0.15, -0.1) is 0 Å². The molecule has 0 bridgehead atoms. The number of esters is 1. The number of hydrogen-bond acceptors (Lipinski definition) is 3. The molecule has 1 amide bonds. The molecule has 162 valence electrons. The lowest BCUT2D eigenvalue weighted by Gasteiger charge is -2.24. The van der Waals surface area contributed by atoms with Crippen molar-refractivity contribution in [2.24, 2.45) is 0 Å². The molecule has 2 rings (SSSR count). The molecule has 0 aromatic heterocycles. The highest BCUT2D eigenvalue weighted by molar-refractivity contribution is 5.97. The van der Waals surface area contributed by atoms with Crippen LogP contribution in [-0.2, 0) is 9.53 Å². The number of unbranched alkanes of at least 4 members (excludes halogenated alkanes) is 5. The first-order valence-electron chi connectivity index (χ1n) is 9.80. The molecule has 1 fully saturated rings. The van der Waals surface area contributed by atoms with Crippen LogP contribution >= 0.6 is 0 Å². The lowest BCUT2D eigenvalue weighted by atomic mass is 10.1. The van der Waals surface area contributed by atoms with E-state index in [9.17, 15) is 31.5 Å². The van der Waals surface area contributed by atoms with Gasteiger partial charge in [-0.2, -0.15) is 0 Å². The largest absolute Gasteiger partial charge is 0.464 e. The SMILES string of the molecule is CCCCCCCCOC(=O)C1CCCN1C(=O)c1c(F)c(F)c(F)c(F)c1F. The minimum absolute atomic E-state index is 0.0465. The molecule has 1 aromatic rings. The first-order chi connectivity index (χ1) is 13.8. The molecule has 0 N–H and O–H groups in total. The van der Waals surface area contributed by atoms with Crippen molar-refractivity contribution in [2.75, 3.05) is 13.2 Å². The molecule has 0 aliphatic carbocycles. The summed E-state index contributed by atoms with van der Waals surface area (Å²) in [5.74, 6) is -13.3. The van der Waals surface area contributed by atoms with E-state index in [1.54, 1.807) is 0 Å². The molecule has 1 saturated heterocycles. The van der Waals surface area contributed by atoms with E-state index in [1.165, 1.54) is 0 Å². The van der Waals surface area contributed by atoms with Gasteiger partial charge in [0.05, 0.1) is 6.61 Å². The van der Waals surface area contributed by atoms with Crippen LogP contribution in [0.4, 0.5) is 22.0 Å². The van der Waals surface area contributed by atoms with Crippen LogP contribution in [0.2, 0.25) is 0 Å². The maximum Gasteiger partial charge on any atom is 0.328 e. The number of carbonyl (C=O) groups is 2. The Morgan fingerprint density at radius 1 is 0.897 bits per heavy atom. The third-order valence-corrected chi connectivity index (χ3v) is 4.95. The van der Waals surface area contributed by atoms with Crippen molar-refractivity contribution >= 4 is 11.9 Å². The van der Waals surface area contributed by atoms with Crippen molar-refractivity contribution in [3.8, 4) is 0 Å². The fourth-order valence-corrected chi connectivity index (χ4v) is 3.34. The Morgan fingerprint density at radius 3 is 2.07 bits per heavy atom. The molecule has 0 radical (unpaired) electrons. The Bertz CT molecular complexity index is 727. The van der Waals surface area contributed by atoms with E-state index < -0.39 is 52.6 Å². The second kappa shape index (κ2) is 10.5. The number of likely N-dealkylation sites (tertiary alicyclic amines) is 1. The standard InChI is InChI=1S/C20H24F5NO3/c1-2-3-4-5-6-7-11-29-20(28)12-9-8-10-26(12)19(27)13-14(21)16(23)18(25)17(24)15(13)22/h12H,2-11H2,1H3. The summed E-state index contributed by atoms with van der Waals surface area (Å²) in [6, 6.07) is -1.11. The summed E-state index contributed by atoms with van der Waals surface area (Å²) in [6.45, 7) is 2.20. The van der Waals surface area contributed by atoms with Gasteiger partial charge in [0.2, 0.25) is 5.82 Å². The third kappa shape index (κ3) is 5.25. The Balaban J connectivity index is 2.02. The van der Waals surface area contributed by atoms with Gasteiger partial charge in [-0.3, -0.25) is 4.79 Å². The molecular weight excluding hydrogens is 397 g/mol. The Morgan fingerprint density at radius 2 is 1.45 bits per heavy atom. The van der Waals surface area contributed by atoms with E-state index in [0.29, 0.717) is 12.8 Å². The van der Waals surface area contributed by atoms with Crippen LogP contribution in [0.15, 0.2) is 0 Å². The van der Waals surface area contributed by atoms with Crippen LogP contribution in [0.25, 0.3) is 0 Å². The van der Waals surface area contributed by atoms with Crippen LogP contribution < -0.4 is 0 Å². The molecule has 1 atom stereocenters. The lowest BCUT2D eigenvalue weighted by Crippen LogP contribution is -2.42. The second-order valence-electron chi connectivity index (χ2n) is 7.04. The van der Waals surface area contributed by atoms with E-state index in [4.69, 9.17) is 4.74 Å². The summed E-state index contributed by atoms with van der Waals surface area (Å²) in [7, 11) is 0. The van der Waals surface area contributed by atoms with Gasteiger partial charge in [-0.05, 0) is 19.3 Å². The van der Waals surface area contributed by atoms with Gasteiger partial charge in [0.1, 0.15) is 11.6 Å². The summed E-state index contributed by atoms with van der Waals surface area (Å²) >= 11 is 0. The number of ether oxygens (including phenoxy) is 1. The fourth-order valence-electron chi connectivity index (χ4n) is 3.34. The molecule has 1 heterocycles. The van der Waals surface area contributed by atoms with Crippen LogP contribution in [0.5, 0.6) is 0 Å². The quantitative estimate of drug-likeness (QED) is 0.188. The van der Waals surface area contributed by atoms with Gasteiger partial charge < -0.3 is 9.64 Å². The summed E-state index contributed by atoms with van der Waals surface area (Å²) in [5, 5.41) is 0. The zero-order valence-corrected chi connectivity index (χ0v) is 16.2. The summed E-state index contributed by atoms with van der Waals surface area (Å²) < 4.78 is 73.0. The molecule has 9 heteroatoms. The van der Waals surface area contributed by atoms with Crippen molar-refractivity contribution in [1.82, 2.24) is 4.90 Å². The first-order valence-corrected chi connectivity index (χ1v) is 9.80. The van der Waals surface area contributed by atoms with Gasteiger partial charge in [-0.1, -0.05) is 39.0 Å². The molecule has 1 unspecified atom stereocenters. The molecule has 1 aliphatic heterocycles. The van der Waals surface area contributed by atoms with E-state index in [0.717, 1.165) is 37.0 Å². The Hall–Kier alpha value is -2.19. The number of carbonyl (C=O) groups excluding carboxylic acids is 2. The highest BCUT2D eigenvalue weighted by atomic mass is 19.2. The smallest absolute Gasteiger partial charge is 0.328 e. The second-order valence-corrected chi connectivity index (χ2v) is 7.04. The number of benzene rings is 1. The van der Waals surface area contributed by atoms with Crippen LogP contribution in [0.1, 0.15) is 68.6 Å². The van der Waals surface area contributed by atoms with E-state index >= 15 is 0 Å². The summed E-state index contributed by atoms with van der Waals surface area (Å²) in [5.41, 5.74) is -1.56. The van der Waals surface area contributed by atoms with E-state index in [2.05, 4.69) is 6.92 Å². The maximum absolute atomic E-state index is 13.9. The molecular formula is C20H24F5NO3. The number of rotatable bonds is 9. The van der Waals surface area contributed by atoms with Gasteiger partial charge in [0.15, 0.2) is 23.3 Å². The number of hydrogen-bond donors (Lipinski definition) is 0. The summed E-state index contributed by atoms with van der Waals surface area (Å²) in [6.07, 6.45) is 6.42. The zero-order valence-electron chi connectivity index (χ0n) is 16.2. The van der Waals surface area contributed by atoms with Crippen LogP contribution in [-0.4, -0.2) is 36.0 Å². The van der Waals surface area contributed by atoms with Gasteiger partial charge in [0, 0.05) is 6.54 Å². The number of nitrogens with zero attached hydrogens (tertiary/aromatic N) is 1. The first kappa shape index (κ1) is 23.1. The highest BCUT2D eigenvalue weighted by Crippen LogP contribution is 2.27. The van der Waals surface area contributed by atoms with E-state index in [-0.39, 0.29) is 19.6 Å². The lowest BCUT2D eigenvalue weighted by molar-refractivity contribution is -0.148. The molecule has 0 saturated carbocycles. The van der Waals surface area contributed by atoms with Crippen molar-refractivity contribution in [1.29, 1.82) is 0 Å². The van der Waals surface area contributed by atoms with E-state index in [1.807, 2.05) is 0 Å². The molecule has 1 aromatic carbocycles. The topological polar surface area (TPSA) is 46.6 Å². The number of amides is 1. The van der Waals surface area contributed by atoms with Crippen LogP contribution in [0, 0.1) is 29.1 Å². The average Bonchev–Trinajstić information content (AvgIpc) is 3.20. The number of halogens is 5. The van der Waals surface area contributed by atoms with Crippen LogP contribution in [0.3, 0.4) is 0 Å².